The molecule has 1 fully saturated rings. The number of pyridine rings is 3. The molecule has 6 heterocycles. The molecule has 7 rings (SSSR count). The van der Waals surface area contributed by atoms with Crippen molar-refractivity contribution in [2.24, 2.45) is 5.92 Å². The smallest absolute Gasteiger partial charge is 0.227 e. The molecule has 37 heavy (non-hydrogen) atoms. The Bertz CT molecular complexity index is 1790. The van der Waals surface area contributed by atoms with E-state index in [-0.39, 0.29) is 11.8 Å². The Hall–Kier alpha value is -4.86. The topological polar surface area (TPSA) is 130 Å². The average Bonchev–Trinajstić information content (AvgIpc) is 3.60. The molecule has 0 saturated heterocycles. The first-order valence-corrected chi connectivity index (χ1v) is 12.2. The number of carbonyl (C=O) groups excluding carboxylic acids is 1. The van der Waals surface area contributed by atoms with Crippen LogP contribution in [0, 0.1) is 12.8 Å². The van der Waals surface area contributed by atoms with Crippen LogP contribution in [-0.2, 0) is 4.79 Å². The molecule has 3 N–H and O–H groups in total. The number of anilines is 1. The summed E-state index contributed by atoms with van der Waals surface area (Å²) >= 11 is 0. The van der Waals surface area contributed by atoms with Crippen LogP contribution in [0.25, 0.3) is 50.3 Å². The highest BCUT2D eigenvalue weighted by molar-refractivity contribution is 5.98. The van der Waals surface area contributed by atoms with Crippen molar-refractivity contribution in [2.45, 2.75) is 26.2 Å². The number of rotatable bonds is 5. The first kappa shape index (κ1) is 21.4. The first-order valence-electron chi connectivity index (χ1n) is 12.2. The van der Waals surface area contributed by atoms with E-state index in [1.54, 1.807) is 31.1 Å². The summed E-state index contributed by atoms with van der Waals surface area (Å²) in [6.45, 7) is 1.95. The molecule has 0 unspecified atom stereocenters. The molecular formula is C27H23N9O. The average molecular weight is 490 g/mol. The number of hydrogen-bond acceptors (Lipinski definition) is 6. The second-order valence-corrected chi connectivity index (χ2v) is 9.47. The Balaban J connectivity index is 1.26. The summed E-state index contributed by atoms with van der Waals surface area (Å²) in [7, 11) is 0. The molecule has 0 spiro atoms. The van der Waals surface area contributed by atoms with Crippen molar-refractivity contribution in [2.75, 3.05) is 5.32 Å². The third-order valence-corrected chi connectivity index (χ3v) is 6.97. The highest BCUT2D eigenvalue weighted by Crippen LogP contribution is 2.33. The van der Waals surface area contributed by atoms with Crippen molar-refractivity contribution in [1.82, 2.24) is 39.7 Å². The molecule has 6 aromatic heterocycles. The number of amides is 1. The number of imidazole rings is 1. The Kier molecular flexibility index (Phi) is 4.85. The highest BCUT2D eigenvalue weighted by atomic mass is 16.1. The SMILES string of the molecule is Cc1cn(-c2nccc3[nH]c(-c4n[nH]c5ncc(-c6cncc(NC(=O)C7CCC7)c6)cc45)cc23)cn1. The minimum Gasteiger partial charge on any atom is -0.353 e. The first-order chi connectivity index (χ1) is 18.1. The van der Waals surface area contributed by atoms with Gasteiger partial charge in [-0.3, -0.25) is 19.4 Å². The van der Waals surface area contributed by atoms with Crippen LogP contribution in [0.2, 0.25) is 0 Å². The largest absolute Gasteiger partial charge is 0.353 e. The minimum absolute atomic E-state index is 0.0643. The molecule has 10 heteroatoms. The summed E-state index contributed by atoms with van der Waals surface area (Å²) in [5.74, 6) is 0.973. The van der Waals surface area contributed by atoms with E-state index in [9.17, 15) is 4.79 Å². The third kappa shape index (κ3) is 3.74. The zero-order valence-electron chi connectivity index (χ0n) is 20.1. The quantitative estimate of drug-likeness (QED) is 0.319. The number of nitrogens with one attached hydrogen (secondary N) is 3. The van der Waals surface area contributed by atoms with E-state index in [0.717, 1.165) is 69.6 Å². The van der Waals surface area contributed by atoms with E-state index in [0.29, 0.717) is 11.3 Å². The van der Waals surface area contributed by atoms with Crippen LogP contribution in [0.5, 0.6) is 0 Å². The fraction of sp³-hybridized carbons (Fsp3) is 0.185. The molecule has 10 nitrogen and oxygen atoms in total. The number of aryl methyl sites for hydroxylation is 1. The van der Waals surface area contributed by atoms with Crippen LogP contribution in [0.4, 0.5) is 5.69 Å². The summed E-state index contributed by atoms with van der Waals surface area (Å²) in [4.78, 5) is 33.7. The standard InChI is InChI=1S/C27H23N9O/c1-15-13-36(14-31-15)26-20-9-23(33-22(20)5-6-29-26)24-21-8-18(11-30-25(21)35-34-24)17-7-19(12-28-10-17)32-27(37)16-3-2-4-16/h5-14,16,33H,2-4H2,1H3,(H,32,37)(H,30,34,35). The van der Waals surface area contributed by atoms with Gasteiger partial charge >= 0.3 is 0 Å². The van der Waals surface area contributed by atoms with Crippen LogP contribution < -0.4 is 5.32 Å². The van der Waals surface area contributed by atoms with Crippen LogP contribution in [0.15, 0.2) is 61.6 Å². The Morgan fingerprint density at radius 2 is 1.95 bits per heavy atom. The maximum atomic E-state index is 12.4. The van der Waals surface area contributed by atoms with Crippen molar-refractivity contribution < 1.29 is 4.79 Å². The van der Waals surface area contributed by atoms with Gasteiger partial charge in [-0.25, -0.2) is 15.0 Å². The number of carbonyl (C=O) groups is 1. The van der Waals surface area contributed by atoms with Gasteiger partial charge in [-0.15, -0.1) is 0 Å². The predicted molar refractivity (Wildman–Crippen MR) is 140 cm³/mol. The lowest BCUT2D eigenvalue weighted by Gasteiger charge is -2.24. The molecule has 0 radical (unpaired) electrons. The lowest BCUT2D eigenvalue weighted by atomic mass is 9.85. The number of fused-ring (bicyclic) bond motifs is 2. The van der Waals surface area contributed by atoms with Gasteiger partial charge in [0, 0.05) is 52.6 Å². The lowest BCUT2D eigenvalue weighted by Crippen LogP contribution is -2.28. The lowest BCUT2D eigenvalue weighted by molar-refractivity contribution is -0.122. The van der Waals surface area contributed by atoms with Crippen LogP contribution in [-0.4, -0.2) is 45.6 Å². The number of nitrogens with zero attached hydrogens (tertiary/aromatic N) is 6. The van der Waals surface area contributed by atoms with Crippen molar-refractivity contribution in [3.05, 3.63) is 67.3 Å². The van der Waals surface area contributed by atoms with Gasteiger partial charge in [0.15, 0.2) is 5.65 Å². The molecule has 0 aromatic carbocycles. The summed E-state index contributed by atoms with van der Waals surface area (Å²) < 4.78 is 1.92. The Labute approximate surface area is 211 Å². The van der Waals surface area contributed by atoms with Crippen molar-refractivity contribution >= 4 is 33.5 Å². The number of H-pyrrole nitrogens is 2. The van der Waals surface area contributed by atoms with Crippen molar-refractivity contribution in [3.63, 3.8) is 0 Å². The molecule has 0 atom stereocenters. The summed E-state index contributed by atoms with van der Waals surface area (Å²) in [6, 6.07) is 7.97. The maximum Gasteiger partial charge on any atom is 0.227 e. The summed E-state index contributed by atoms with van der Waals surface area (Å²) in [5.41, 5.74) is 6.61. The normalized spacial score (nSPS) is 13.8. The molecular weight excluding hydrogens is 466 g/mol. The van der Waals surface area contributed by atoms with Crippen LogP contribution in [0.3, 0.4) is 0 Å². The second-order valence-electron chi connectivity index (χ2n) is 9.47. The van der Waals surface area contributed by atoms with Crippen LogP contribution >= 0.6 is 0 Å². The van der Waals surface area contributed by atoms with Gasteiger partial charge in [0.1, 0.15) is 17.8 Å². The van der Waals surface area contributed by atoms with E-state index in [2.05, 4.69) is 40.4 Å². The van der Waals surface area contributed by atoms with Gasteiger partial charge < -0.3 is 10.3 Å². The van der Waals surface area contributed by atoms with Gasteiger partial charge in [0.2, 0.25) is 5.91 Å². The zero-order valence-corrected chi connectivity index (χ0v) is 20.1. The monoisotopic (exact) mass is 489 g/mol. The molecule has 6 aromatic rings. The molecule has 1 amide bonds. The van der Waals surface area contributed by atoms with Gasteiger partial charge in [0.25, 0.3) is 0 Å². The van der Waals surface area contributed by atoms with Gasteiger partial charge in [-0.2, -0.15) is 5.10 Å². The minimum atomic E-state index is 0.0643. The van der Waals surface area contributed by atoms with Crippen molar-refractivity contribution in [3.8, 4) is 28.3 Å². The third-order valence-electron chi connectivity index (χ3n) is 6.97. The summed E-state index contributed by atoms with van der Waals surface area (Å²) in [6.07, 6.45) is 13.8. The Morgan fingerprint density at radius 1 is 1.05 bits per heavy atom. The molecule has 0 bridgehead atoms. The zero-order chi connectivity index (χ0) is 24.9. The highest BCUT2D eigenvalue weighted by Gasteiger charge is 2.25. The molecule has 182 valence electrons. The van der Waals surface area contributed by atoms with E-state index in [1.165, 1.54) is 0 Å². The van der Waals surface area contributed by atoms with E-state index >= 15 is 0 Å². The molecule has 0 aliphatic heterocycles. The van der Waals surface area contributed by atoms with E-state index in [4.69, 9.17) is 0 Å². The fourth-order valence-corrected chi connectivity index (χ4v) is 4.76. The summed E-state index contributed by atoms with van der Waals surface area (Å²) in [5, 5.41) is 12.4. The molecule has 1 aliphatic rings. The number of aromatic amines is 2. The number of aromatic nitrogens is 8. The van der Waals surface area contributed by atoms with E-state index < -0.39 is 0 Å². The maximum absolute atomic E-state index is 12.4. The molecule has 1 aliphatic carbocycles. The predicted octanol–water partition coefficient (Wildman–Crippen LogP) is 4.80. The van der Waals surface area contributed by atoms with Crippen LogP contribution in [0.1, 0.15) is 25.0 Å². The van der Waals surface area contributed by atoms with Gasteiger partial charge in [-0.1, -0.05) is 6.42 Å². The van der Waals surface area contributed by atoms with Crippen molar-refractivity contribution in [1.29, 1.82) is 0 Å². The van der Waals surface area contributed by atoms with Gasteiger partial charge in [-0.05, 0) is 44.0 Å². The van der Waals surface area contributed by atoms with E-state index in [1.807, 2.05) is 42.0 Å². The van der Waals surface area contributed by atoms with Gasteiger partial charge in [0.05, 0.1) is 28.8 Å². The second kappa shape index (κ2) is 8.37. The number of hydrogen-bond donors (Lipinski definition) is 3. The Morgan fingerprint density at radius 3 is 2.76 bits per heavy atom. The molecule has 1 saturated carbocycles. The fourth-order valence-electron chi connectivity index (χ4n) is 4.76.